The van der Waals surface area contributed by atoms with E-state index in [1.54, 1.807) is 48.5 Å². The number of Topliss-reactive ketones (excluding diaryl/α,β-unsaturated/α-hetero) is 1. The first kappa shape index (κ1) is 23.4. The van der Waals surface area contributed by atoms with E-state index in [1.807, 2.05) is 0 Å². The van der Waals surface area contributed by atoms with Crippen LogP contribution in [0.1, 0.15) is 15.9 Å². The van der Waals surface area contributed by atoms with E-state index in [9.17, 15) is 18.0 Å². The maximum Gasteiger partial charge on any atom is 0.416 e. The van der Waals surface area contributed by atoms with Gasteiger partial charge in [-0.3, -0.25) is 9.36 Å². The first-order valence-electron chi connectivity index (χ1n) is 9.53. The summed E-state index contributed by atoms with van der Waals surface area (Å²) in [7, 11) is 0. The minimum Gasteiger partial charge on any atom is -0.293 e. The van der Waals surface area contributed by atoms with Gasteiger partial charge in [0.1, 0.15) is 0 Å². The van der Waals surface area contributed by atoms with Gasteiger partial charge >= 0.3 is 6.18 Å². The topological polar surface area (TPSA) is 47.8 Å². The normalized spacial score (nSPS) is 11.5. The summed E-state index contributed by atoms with van der Waals surface area (Å²) < 4.78 is 41.5. The Hall–Kier alpha value is -2.81. The Balaban J connectivity index is 1.74. The Labute approximate surface area is 201 Å². The number of thioether (sulfide) groups is 1. The maximum absolute atomic E-state index is 13.3. The highest BCUT2D eigenvalue weighted by atomic mass is 35.5. The average Bonchev–Trinajstić information content (AvgIpc) is 3.21. The van der Waals surface area contributed by atoms with E-state index < -0.39 is 11.7 Å². The van der Waals surface area contributed by atoms with Crippen LogP contribution in [-0.4, -0.2) is 26.3 Å². The van der Waals surface area contributed by atoms with Crippen molar-refractivity contribution in [1.82, 2.24) is 14.8 Å². The second kappa shape index (κ2) is 9.59. The van der Waals surface area contributed by atoms with Crippen molar-refractivity contribution in [3.63, 3.8) is 0 Å². The van der Waals surface area contributed by atoms with Crippen molar-refractivity contribution in [3.05, 3.63) is 94.0 Å². The molecule has 0 aliphatic rings. The third kappa shape index (κ3) is 5.24. The zero-order valence-electron chi connectivity index (χ0n) is 16.7. The lowest BCUT2D eigenvalue weighted by atomic mass is 10.1. The molecule has 0 unspecified atom stereocenters. The molecule has 33 heavy (non-hydrogen) atoms. The Morgan fingerprint density at radius 3 is 2.36 bits per heavy atom. The van der Waals surface area contributed by atoms with Gasteiger partial charge < -0.3 is 0 Å². The molecule has 0 radical (unpaired) electrons. The summed E-state index contributed by atoms with van der Waals surface area (Å²) in [5, 5.41) is 9.45. The molecule has 4 rings (SSSR count). The van der Waals surface area contributed by atoms with Gasteiger partial charge in [-0.25, -0.2) is 0 Å². The van der Waals surface area contributed by atoms with Crippen molar-refractivity contribution in [2.45, 2.75) is 11.3 Å². The molecule has 0 fully saturated rings. The second-order valence-corrected chi connectivity index (χ2v) is 8.67. The third-order valence-electron chi connectivity index (χ3n) is 4.68. The molecule has 1 aromatic heterocycles. The Kier molecular flexibility index (Phi) is 6.78. The average molecular weight is 508 g/mol. The lowest BCUT2D eigenvalue weighted by Crippen LogP contribution is -2.08. The monoisotopic (exact) mass is 507 g/mol. The summed E-state index contributed by atoms with van der Waals surface area (Å²) >= 11 is 13.3. The van der Waals surface area contributed by atoms with Crippen LogP contribution in [0.25, 0.3) is 17.1 Å². The van der Waals surface area contributed by atoms with Gasteiger partial charge in [0.05, 0.1) is 22.0 Å². The van der Waals surface area contributed by atoms with E-state index in [4.69, 9.17) is 23.2 Å². The number of ketones is 1. The molecule has 0 bridgehead atoms. The zero-order valence-corrected chi connectivity index (χ0v) is 19.0. The van der Waals surface area contributed by atoms with Crippen LogP contribution in [0.5, 0.6) is 0 Å². The van der Waals surface area contributed by atoms with E-state index in [2.05, 4.69) is 10.2 Å². The molecule has 0 aliphatic heterocycles. The number of hydrogen-bond acceptors (Lipinski definition) is 4. The number of carbonyl (C=O) groups excluding carboxylic acids is 1. The number of carbonyl (C=O) groups is 1. The summed E-state index contributed by atoms with van der Waals surface area (Å²) in [5.74, 6) is 0.0808. The molecule has 168 valence electrons. The molecule has 4 aromatic rings. The molecule has 0 saturated heterocycles. The highest BCUT2D eigenvalue weighted by Crippen LogP contribution is 2.35. The molecule has 0 saturated carbocycles. The standard InChI is InChI=1S/C23H14Cl2F3N3OS/c24-16-10-8-14(9-11-16)20(32)13-33-22-30-29-21(18-6-1-2-7-19(18)25)31(22)17-5-3-4-15(12-17)23(26,27)28/h1-12H,13H2. The summed E-state index contributed by atoms with van der Waals surface area (Å²) in [4.78, 5) is 12.6. The van der Waals surface area contributed by atoms with Crippen LogP contribution in [0, 0.1) is 0 Å². The van der Waals surface area contributed by atoms with E-state index in [1.165, 1.54) is 16.7 Å². The van der Waals surface area contributed by atoms with E-state index in [0.29, 0.717) is 21.2 Å². The number of halogens is 5. The predicted molar refractivity (Wildman–Crippen MR) is 123 cm³/mol. The van der Waals surface area contributed by atoms with Gasteiger partial charge in [0, 0.05) is 16.1 Å². The third-order valence-corrected chi connectivity index (χ3v) is 6.19. The smallest absolute Gasteiger partial charge is 0.293 e. The Morgan fingerprint density at radius 1 is 0.939 bits per heavy atom. The fourth-order valence-electron chi connectivity index (χ4n) is 3.08. The molecule has 4 nitrogen and oxygen atoms in total. The first-order valence-corrected chi connectivity index (χ1v) is 11.3. The van der Waals surface area contributed by atoms with Crippen LogP contribution < -0.4 is 0 Å². The van der Waals surface area contributed by atoms with Crippen molar-refractivity contribution < 1.29 is 18.0 Å². The second-order valence-electron chi connectivity index (χ2n) is 6.89. The van der Waals surface area contributed by atoms with Crippen LogP contribution in [0.4, 0.5) is 13.2 Å². The van der Waals surface area contributed by atoms with Gasteiger partial charge in [-0.15, -0.1) is 10.2 Å². The lowest BCUT2D eigenvalue weighted by Gasteiger charge is -2.13. The van der Waals surface area contributed by atoms with Crippen molar-refractivity contribution in [2.24, 2.45) is 0 Å². The fourth-order valence-corrected chi connectivity index (χ4v) is 4.28. The van der Waals surface area contributed by atoms with Crippen LogP contribution in [0.15, 0.2) is 78.0 Å². The minimum absolute atomic E-state index is 0.00124. The number of rotatable bonds is 6. The first-order chi connectivity index (χ1) is 15.7. The van der Waals surface area contributed by atoms with Gasteiger partial charge in [0.25, 0.3) is 0 Å². The molecule has 10 heteroatoms. The lowest BCUT2D eigenvalue weighted by molar-refractivity contribution is -0.137. The van der Waals surface area contributed by atoms with Gasteiger partial charge in [0.15, 0.2) is 16.8 Å². The molecular formula is C23H14Cl2F3N3OS. The van der Waals surface area contributed by atoms with Gasteiger partial charge in [0.2, 0.25) is 0 Å². The van der Waals surface area contributed by atoms with E-state index >= 15 is 0 Å². The van der Waals surface area contributed by atoms with E-state index in [-0.39, 0.29) is 28.2 Å². The number of aromatic nitrogens is 3. The highest BCUT2D eigenvalue weighted by molar-refractivity contribution is 7.99. The molecule has 1 heterocycles. The van der Waals surface area contributed by atoms with Gasteiger partial charge in [-0.2, -0.15) is 13.2 Å². The van der Waals surface area contributed by atoms with E-state index in [0.717, 1.165) is 23.9 Å². The number of alkyl halides is 3. The van der Waals surface area contributed by atoms with Crippen molar-refractivity contribution in [2.75, 3.05) is 5.75 Å². The number of hydrogen-bond donors (Lipinski definition) is 0. The van der Waals surface area contributed by atoms with Gasteiger partial charge in [-0.05, 0) is 54.6 Å². The van der Waals surface area contributed by atoms with Crippen molar-refractivity contribution in [1.29, 1.82) is 0 Å². The minimum atomic E-state index is -4.52. The fraction of sp³-hybridized carbons (Fsp3) is 0.0870. The van der Waals surface area contributed by atoms with Crippen molar-refractivity contribution >= 4 is 40.7 Å². The van der Waals surface area contributed by atoms with Gasteiger partial charge in [-0.1, -0.05) is 53.2 Å². The van der Waals surface area contributed by atoms with Crippen molar-refractivity contribution in [3.8, 4) is 17.1 Å². The molecule has 0 atom stereocenters. The molecule has 0 spiro atoms. The van der Waals surface area contributed by atoms with Crippen LogP contribution in [0.2, 0.25) is 10.0 Å². The SMILES string of the molecule is O=C(CSc1nnc(-c2ccccc2Cl)n1-c1cccc(C(F)(F)F)c1)c1ccc(Cl)cc1. The molecular weight excluding hydrogens is 494 g/mol. The molecule has 0 aliphatic carbocycles. The maximum atomic E-state index is 13.3. The molecule has 0 N–H and O–H groups in total. The zero-order chi connectivity index (χ0) is 23.6. The molecule has 0 amide bonds. The van der Waals surface area contributed by atoms with Crippen LogP contribution >= 0.6 is 35.0 Å². The number of nitrogens with zero attached hydrogens (tertiary/aromatic N) is 3. The Morgan fingerprint density at radius 2 is 1.67 bits per heavy atom. The Bertz CT molecular complexity index is 1310. The summed E-state index contributed by atoms with van der Waals surface area (Å²) in [5.41, 5.74) is 0.349. The number of benzene rings is 3. The summed E-state index contributed by atoms with van der Waals surface area (Å²) in [6.07, 6.45) is -4.52. The predicted octanol–water partition coefficient (Wildman–Crippen LogP) is 7.23. The largest absolute Gasteiger partial charge is 0.416 e. The highest BCUT2D eigenvalue weighted by Gasteiger charge is 2.31. The van der Waals surface area contributed by atoms with Crippen LogP contribution in [0.3, 0.4) is 0 Å². The quantitative estimate of drug-likeness (QED) is 0.204. The summed E-state index contributed by atoms with van der Waals surface area (Å²) in [6, 6.07) is 18.1. The summed E-state index contributed by atoms with van der Waals surface area (Å²) in [6.45, 7) is 0. The molecule has 3 aromatic carbocycles. The van der Waals surface area contributed by atoms with Crippen LogP contribution in [-0.2, 0) is 6.18 Å².